The third kappa shape index (κ3) is 2.86. The van der Waals surface area contributed by atoms with E-state index in [1.165, 1.54) is 26.4 Å². The van der Waals surface area contributed by atoms with Crippen LogP contribution in [0.4, 0.5) is 5.69 Å². The molecule has 0 heterocycles. The molecule has 0 bridgehead atoms. The molecule has 8 nitrogen and oxygen atoms in total. The highest BCUT2D eigenvalue weighted by Gasteiger charge is 2.20. The third-order valence-corrected chi connectivity index (χ3v) is 2.29. The number of nitro groups is 1. The fourth-order valence-electron chi connectivity index (χ4n) is 1.45. The first-order valence-electron chi connectivity index (χ1n) is 4.92. The molecule has 0 aliphatic heterocycles. The molecule has 0 aromatic heterocycles. The van der Waals surface area contributed by atoms with Gasteiger partial charge >= 0.3 is 0 Å². The molecule has 3 N–H and O–H groups in total. The van der Waals surface area contributed by atoms with Gasteiger partial charge in [-0.05, 0) is 6.07 Å². The van der Waals surface area contributed by atoms with Gasteiger partial charge in [-0.3, -0.25) is 20.3 Å². The molecule has 1 rings (SSSR count). The van der Waals surface area contributed by atoms with E-state index in [-0.39, 0.29) is 23.4 Å². The Hall–Kier alpha value is -2.35. The molecule has 98 valence electrons. The zero-order valence-electron chi connectivity index (χ0n) is 9.93. The maximum Gasteiger partial charge on any atom is 0.277 e. The Morgan fingerprint density at radius 3 is 2.39 bits per heavy atom. The highest BCUT2D eigenvalue weighted by atomic mass is 16.6. The molecule has 0 atom stereocenters. The second-order valence-electron chi connectivity index (χ2n) is 3.34. The van der Waals surface area contributed by atoms with Crippen LogP contribution in [0, 0.1) is 10.1 Å². The van der Waals surface area contributed by atoms with Crippen molar-refractivity contribution in [3.8, 4) is 11.5 Å². The Balaban J connectivity index is 3.28. The summed E-state index contributed by atoms with van der Waals surface area (Å²) in [6.07, 6.45) is -0.215. The van der Waals surface area contributed by atoms with Crippen molar-refractivity contribution in [3.05, 3.63) is 27.8 Å². The van der Waals surface area contributed by atoms with Gasteiger partial charge in [-0.15, -0.1) is 0 Å². The fourth-order valence-corrected chi connectivity index (χ4v) is 1.45. The number of ether oxygens (including phenoxy) is 2. The van der Waals surface area contributed by atoms with Crippen LogP contribution in [0.3, 0.4) is 0 Å². The van der Waals surface area contributed by atoms with Gasteiger partial charge in [0, 0.05) is 5.56 Å². The molecule has 0 aliphatic rings. The van der Waals surface area contributed by atoms with Crippen LogP contribution >= 0.6 is 0 Å². The summed E-state index contributed by atoms with van der Waals surface area (Å²) in [6, 6.07) is 2.59. The number of nitrogens with one attached hydrogen (secondary N) is 1. The van der Waals surface area contributed by atoms with Gasteiger partial charge in [0.25, 0.3) is 5.69 Å². The van der Waals surface area contributed by atoms with Gasteiger partial charge in [0.2, 0.25) is 5.91 Å². The molecule has 0 radical (unpaired) electrons. The number of carbonyl (C=O) groups is 1. The third-order valence-electron chi connectivity index (χ3n) is 2.29. The topological polar surface area (TPSA) is 117 Å². The van der Waals surface area contributed by atoms with Crippen molar-refractivity contribution < 1.29 is 19.2 Å². The standard InChI is InChI=1S/C10H13N3O5/c1-17-8-3-6(4-10(14)12-11)7(13(15)16)5-9(8)18-2/h3,5H,4,11H2,1-2H3,(H,12,14). The predicted octanol–water partition coefficient (Wildman–Crippen LogP) is 0.144. The Bertz CT molecular complexity index is 475. The minimum Gasteiger partial charge on any atom is -0.493 e. The minimum absolute atomic E-state index is 0.195. The second kappa shape index (κ2) is 5.82. The largest absolute Gasteiger partial charge is 0.493 e. The van der Waals surface area contributed by atoms with Gasteiger partial charge in [-0.2, -0.15) is 0 Å². The van der Waals surface area contributed by atoms with Crippen molar-refractivity contribution in [3.63, 3.8) is 0 Å². The number of hydrogen-bond acceptors (Lipinski definition) is 6. The monoisotopic (exact) mass is 255 g/mol. The number of benzene rings is 1. The van der Waals surface area contributed by atoms with E-state index in [2.05, 4.69) is 0 Å². The number of methoxy groups -OCH3 is 2. The maximum absolute atomic E-state index is 11.2. The Morgan fingerprint density at radius 1 is 1.39 bits per heavy atom. The second-order valence-corrected chi connectivity index (χ2v) is 3.34. The molecule has 0 aliphatic carbocycles. The molecule has 1 aromatic carbocycles. The van der Waals surface area contributed by atoms with E-state index < -0.39 is 10.8 Å². The van der Waals surface area contributed by atoms with Crippen molar-refractivity contribution in [2.24, 2.45) is 5.84 Å². The lowest BCUT2D eigenvalue weighted by Crippen LogP contribution is -2.31. The van der Waals surface area contributed by atoms with Crippen LogP contribution in [0.5, 0.6) is 11.5 Å². The quantitative estimate of drug-likeness (QED) is 0.334. The average Bonchev–Trinajstić information content (AvgIpc) is 2.37. The number of nitrogens with zero attached hydrogens (tertiary/aromatic N) is 1. The first-order valence-corrected chi connectivity index (χ1v) is 4.92. The van der Waals surface area contributed by atoms with E-state index in [9.17, 15) is 14.9 Å². The zero-order valence-corrected chi connectivity index (χ0v) is 9.93. The Kier molecular flexibility index (Phi) is 4.44. The highest BCUT2D eigenvalue weighted by Crippen LogP contribution is 2.34. The van der Waals surface area contributed by atoms with Crippen molar-refractivity contribution >= 4 is 11.6 Å². The number of nitro benzene ring substituents is 1. The smallest absolute Gasteiger partial charge is 0.277 e. The summed E-state index contributed by atoms with van der Waals surface area (Å²) >= 11 is 0. The molecule has 0 saturated heterocycles. The van der Waals surface area contributed by atoms with Crippen LogP contribution in [0.2, 0.25) is 0 Å². The molecule has 8 heteroatoms. The number of nitrogens with two attached hydrogens (primary N) is 1. The molecule has 0 saturated carbocycles. The number of amides is 1. The van der Waals surface area contributed by atoms with Crippen LogP contribution in [0.1, 0.15) is 5.56 Å². The van der Waals surface area contributed by atoms with Crippen LogP contribution in [-0.2, 0) is 11.2 Å². The lowest BCUT2D eigenvalue weighted by atomic mass is 10.1. The molecular weight excluding hydrogens is 242 g/mol. The van der Waals surface area contributed by atoms with Gasteiger partial charge in [-0.1, -0.05) is 0 Å². The van der Waals surface area contributed by atoms with Crippen LogP contribution < -0.4 is 20.7 Å². The molecule has 0 unspecified atom stereocenters. The number of hydrazine groups is 1. The summed E-state index contributed by atoms with van der Waals surface area (Å²) in [6.45, 7) is 0. The van der Waals surface area contributed by atoms with Gasteiger partial charge in [-0.25, -0.2) is 5.84 Å². The zero-order chi connectivity index (χ0) is 13.7. The normalized spacial score (nSPS) is 9.72. The summed E-state index contributed by atoms with van der Waals surface area (Å²) in [4.78, 5) is 21.5. The number of hydrogen-bond donors (Lipinski definition) is 2. The van der Waals surface area contributed by atoms with Crippen molar-refractivity contribution in [2.45, 2.75) is 6.42 Å². The van der Waals surface area contributed by atoms with Crippen molar-refractivity contribution in [1.29, 1.82) is 0 Å². The van der Waals surface area contributed by atoms with E-state index in [0.717, 1.165) is 0 Å². The maximum atomic E-state index is 11.2. The van der Waals surface area contributed by atoms with E-state index in [1.807, 2.05) is 5.43 Å². The van der Waals surface area contributed by atoms with Crippen molar-refractivity contribution in [1.82, 2.24) is 5.43 Å². The van der Waals surface area contributed by atoms with E-state index in [1.54, 1.807) is 0 Å². The Morgan fingerprint density at radius 2 is 1.94 bits per heavy atom. The number of carbonyl (C=O) groups excluding carboxylic acids is 1. The summed E-state index contributed by atoms with van der Waals surface area (Å²) in [7, 11) is 2.77. The average molecular weight is 255 g/mol. The Labute approximate surface area is 103 Å². The summed E-state index contributed by atoms with van der Waals surface area (Å²) in [5.41, 5.74) is 1.88. The first kappa shape index (κ1) is 13.7. The van der Waals surface area contributed by atoms with Crippen LogP contribution in [0.15, 0.2) is 12.1 Å². The molecule has 1 aromatic rings. The van der Waals surface area contributed by atoms with Gasteiger partial charge < -0.3 is 9.47 Å². The summed E-state index contributed by atoms with van der Waals surface area (Å²) in [5.74, 6) is 4.94. The molecule has 0 spiro atoms. The van der Waals surface area contributed by atoms with E-state index in [0.29, 0.717) is 5.75 Å². The first-order chi connectivity index (χ1) is 8.53. The summed E-state index contributed by atoms with van der Waals surface area (Å²) in [5, 5.41) is 10.9. The predicted molar refractivity (Wildman–Crippen MR) is 62.2 cm³/mol. The lowest BCUT2D eigenvalue weighted by Gasteiger charge is -2.10. The van der Waals surface area contributed by atoms with E-state index in [4.69, 9.17) is 15.3 Å². The number of rotatable bonds is 5. The fraction of sp³-hybridized carbons (Fsp3) is 0.300. The highest BCUT2D eigenvalue weighted by molar-refractivity contribution is 5.79. The van der Waals surface area contributed by atoms with Gasteiger partial charge in [0.1, 0.15) is 0 Å². The molecular formula is C10H13N3O5. The SMILES string of the molecule is COc1cc(CC(=O)NN)c([N+](=O)[O-])cc1OC. The van der Waals surface area contributed by atoms with E-state index >= 15 is 0 Å². The molecule has 18 heavy (non-hydrogen) atoms. The minimum atomic E-state index is -0.596. The van der Waals surface area contributed by atoms with Crippen LogP contribution in [-0.4, -0.2) is 25.1 Å². The van der Waals surface area contributed by atoms with Crippen molar-refractivity contribution in [2.75, 3.05) is 14.2 Å². The molecule has 0 fully saturated rings. The van der Waals surface area contributed by atoms with Gasteiger partial charge in [0.15, 0.2) is 11.5 Å². The van der Waals surface area contributed by atoms with Gasteiger partial charge in [0.05, 0.1) is 31.6 Å². The lowest BCUT2D eigenvalue weighted by molar-refractivity contribution is -0.385. The summed E-state index contributed by atoms with van der Waals surface area (Å²) < 4.78 is 9.97. The molecule has 1 amide bonds. The van der Waals surface area contributed by atoms with Crippen LogP contribution in [0.25, 0.3) is 0 Å².